The Hall–Kier alpha value is -0.430. The standard InChI is InChI=1S/C17H22BrNO3S/c18-13-11-12-15(23-13)17(6-2-3-8-19(17)16(12)20)7-10-22-14-5-1-4-9-21-14/h11,14H,1-10H2. The molecule has 3 aliphatic rings. The van der Waals surface area contributed by atoms with Gasteiger partial charge in [0.15, 0.2) is 6.29 Å². The minimum Gasteiger partial charge on any atom is -0.353 e. The molecule has 2 fully saturated rings. The highest BCUT2D eigenvalue weighted by Gasteiger charge is 2.51. The van der Waals surface area contributed by atoms with E-state index in [9.17, 15) is 4.79 Å². The summed E-state index contributed by atoms with van der Waals surface area (Å²) in [6.45, 7) is 2.34. The second-order valence-electron chi connectivity index (χ2n) is 6.66. The number of carbonyl (C=O) groups excluding carboxylic acids is 1. The molecule has 0 saturated carbocycles. The van der Waals surface area contributed by atoms with E-state index < -0.39 is 0 Å². The number of fused-ring (bicyclic) bond motifs is 3. The summed E-state index contributed by atoms with van der Waals surface area (Å²) in [5.41, 5.74) is 0.758. The van der Waals surface area contributed by atoms with Gasteiger partial charge in [-0.2, -0.15) is 0 Å². The molecule has 4 rings (SSSR count). The van der Waals surface area contributed by atoms with Crippen molar-refractivity contribution in [3.63, 3.8) is 0 Å². The van der Waals surface area contributed by atoms with Gasteiger partial charge in [0.1, 0.15) is 0 Å². The van der Waals surface area contributed by atoms with Crippen LogP contribution < -0.4 is 0 Å². The maximum atomic E-state index is 12.8. The van der Waals surface area contributed by atoms with Gasteiger partial charge in [-0.25, -0.2) is 0 Å². The summed E-state index contributed by atoms with van der Waals surface area (Å²) in [5.74, 6) is 0.204. The first-order valence-corrected chi connectivity index (χ1v) is 10.2. The third-order valence-corrected chi connectivity index (χ3v) is 7.13. The molecule has 3 aliphatic heterocycles. The fraction of sp³-hybridized carbons (Fsp3) is 0.706. The van der Waals surface area contributed by atoms with Crippen molar-refractivity contribution in [2.24, 2.45) is 0 Å². The van der Waals surface area contributed by atoms with E-state index in [1.807, 2.05) is 6.07 Å². The number of nitrogens with zero attached hydrogens (tertiary/aromatic N) is 1. The highest BCUT2D eigenvalue weighted by molar-refractivity contribution is 9.11. The van der Waals surface area contributed by atoms with Crippen molar-refractivity contribution in [1.82, 2.24) is 4.90 Å². The maximum Gasteiger partial charge on any atom is 0.255 e. The average molecular weight is 400 g/mol. The Morgan fingerprint density at radius 3 is 3.13 bits per heavy atom. The third kappa shape index (κ3) is 2.77. The average Bonchev–Trinajstić information content (AvgIpc) is 3.06. The molecule has 23 heavy (non-hydrogen) atoms. The lowest BCUT2D eigenvalue weighted by Gasteiger charge is -2.43. The summed E-state index contributed by atoms with van der Waals surface area (Å²) in [7, 11) is 0. The molecule has 0 aromatic carbocycles. The van der Waals surface area contributed by atoms with Crippen LogP contribution in [-0.2, 0) is 15.0 Å². The smallest absolute Gasteiger partial charge is 0.255 e. The van der Waals surface area contributed by atoms with Crippen LogP contribution in [0.2, 0.25) is 0 Å². The minimum absolute atomic E-state index is 0.0520. The number of halogens is 1. The van der Waals surface area contributed by atoms with Gasteiger partial charge in [-0.05, 0) is 66.9 Å². The number of rotatable bonds is 4. The first-order chi connectivity index (χ1) is 11.2. The second kappa shape index (κ2) is 6.47. The van der Waals surface area contributed by atoms with Crippen molar-refractivity contribution in [3.05, 3.63) is 20.3 Å². The van der Waals surface area contributed by atoms with Gasteiger partial charge in [0, 0.05) is 18.0 Å². The highest BCUT2D eigenvalue weighted by Crippen LogP contribution is 2.51. The molecule has 0 spiro atoms. The third-order valence-electron chi connectivity index (χ3n) is 5.30. The minimum atomic E-state index is -0.143. The summed E-state index contributed by atoms with van der Waals surface area (Å²) in [6, 6.07) is 1.99. The molecule has 0 bridgehead atoms. The number of carbonyl (C=O) groups is 1. The van der Waals surface area contributed by atoms with Gasteiger partial charge in [-0.1, -0.05) is 0 Å². The number of hydrogen-bond acceptors (Lipinski definition) is 4. The first kappa shape index (κ1) is 16.1. The zero-order valence-electron chi connectivity index (χ0n) is 13.2. The Balaban J connectivity index is 1.52. The van der Waals surface area contributed by atoms with E-state index in [1.165, 1.54) is 17.7 Å². The van der Waals surface area contributed by atoms with Crippen molar-refractivity contribution in [2.45, 2.75) is 56.8 Å². The molecular weight excluding hydrogens is 378 g/mol. The predicted molar refractivity (Wildman–Crippen MR) is 92.7 cm³/mol. The Morgan fingerprint density at radius 1 is 1.39 bits per heavy atom. The van der Waals surface area contributed by atoms with E-state index in [2.05, 4.69) is 20.8 Å². The first-order valence-electron chi connectivity index (χ1n) is 8.56. The number of piperidine rings is 1. The monoisotopic (exact) mass is 399 g/mol. The number of amides is 1. The maximum absolute atomic E-state index is 12.8. The molecule has 2 unspecified atom stereocenters. The summed E-state index contributed by atoms with van der Waals surface area (Å²) in [4.78, 5) is 16.1. The zero-order valence-corrected chi connectivity index (χ0v) is 15.6. The van der Waals surface area contributed by atoms with Crippen LogP contribution in [-0.4, -0.2) is 36.9 Å². The van der Waals surface area contributed by atoms with Gasteiger partial charge in [0.05, 0.1) is 21.5 Å². The summed E-state index contributed by atoms with van der Waals surface area (Å²) >= 11 is 5.27. The fourth-order valence-electron chi connectivity index (χ4n) is 4.15. The van der Waals surface area contributed by atoms with E-state index in [-0.39, 0.29) is 17.7 Å². The van der Waals surface area contributed by atoms with Crippen LogP contribution in [0.5, 0.6) is 0 Å². The van der Waals surface area contributed by atoms with Gasteiger partial charge in [-0.3, -0.25) is 4.79 Å². The van der Waals surface area contributed by atoms with E-state index in [1.54, 1.807) is 11.3 Å². The molecule has 0 radical (unpaired) electrons. The SMILES string of the molecule is O=C1c2cc(Br)sc2C2(CCOC3CCCCO3)CCCCN12. The molecule has 2 saturated heterocycles. The second-order valence-corrected chi connectivity index (χ2v) is 9.09. The van der Waals surface area contributed by atoms with Crippen molar-refractivity contribution < 1.29 is 14.3 Å². The van der Waals surface area contributed by atoms with Crippen molar-refractivity contribution >= 4 is 33.2 Å². The molecular formula is C17H22BrNO3S. The van der Waals surface area contributed by atoms with Gasteiger partial charge in [0.2, 0.25) is 0 Å². The summed E-state index contributed by atoms with van der Waals surface area (Å²) in [6.07, 6.45) is 7.47. The van der Waals surface area contributed by atoms with E-state index >= 15 is 0 Å². The molecule has 0 aliphatic carbocycles. The Bertz CT molecular complexity index is 599. The highest BCUT2D eigenvalue weighted by atomic mass is 79.9. The number of ether oxygens (including phenoxy) is 2. The molecule has 2 atom stereocenters. The molecule has 1 amide bonds. The molecule has 0 N–H and O–H groups in total. The van der Waals surface area contributed by atoms with E-state index in [0.29, 0.717) is 6.61 Å². The van der Waals surface area contributed by atoms with E-state index in [4.69, 9.17) is 9.47 Å². The topological polar surface area (TPSA) is 38.8 Å². The van der Waals surface area contributed by atoms with Crippen LogP contribution in [0.3, 0.4) is 0 Å². The molecule has 126 valence electrons. The van der Waals surface area contributed by atoms with Crippen molar-refractivity contribution in [2.75, 3.05) is 19.8 Å². The predicted octanol–water partition coefficient (Wildman–Crippen LogP) is 4.28. The molecule has 4 nitrogen and oxygen atoms in total. The van der Waals surface area contributed by atoms with Crippen LogP contribution in [0.4, 0.5) is 0 Å². The number of hydrogen-bond donors (Lipinski definition) is 0. The molecule has 4 heterocycles. The molecule has 6 heteroatoms. The van der Waals surface area contributed by atoms with Crippen molar-refractivity contribution in [3.8, 4) is 0 Å². The fourth-order valence-corrected chi connectivity index (χ4v) is 6.00. The number of thiophene rings is 1. The largest absolute Gasteiger partial charge is 0.353 e. The van der Waals surface area contributed by atoms with Crippen LogP contribution in [0.15, 0.2) is 9.85 Å². The van der Waals surface area contributed by atoms with Crippen LogP contribution in [0, 0.1) is 0 Å². The van der Waals surface area contributed by atoms with Crippen molar-refractivity contribution in [1.29, 1.82) is 0 Å². The Labute approximate surface area is 149 Å². The summed E-state index contributed by atoms with van der Waals surface area (Å²) < 4.78 is 12.7. The van der Waals surface area contributed by atoms with Gasteiger partial charge in [-0.15, -0.1) is 11.3 Å². The molecule has 1 aromatic heterocycles. The van der Waals surface area contributed by atoms with Gasteiger partial charge < -0.3 is 14.4 Å². The molecule has 1 aromatic rings. The van der Waals surface area contributed by atoms with E-state index in [0.717, 1.165) is 54.6 Å². The Morgan fingerprint density at radius 2 is 2.30 bits per heavy atom. The lowest BCUT2D eigenvalue weighted by atomic mass is 9.84. The lowest BCUT2D eigenvalue weighted by molar-refractivity contribution is -0.167. The van der Waals surface area contributed by atoms with Gasteiger partial charge in [0.25, 0.3) is 5.91 Å². The van der Waals surface area contributed by atoms with Crippen LogP contribution in [0.25, 0.3) is 0 Å². The zero-order chi connectivity index (χ0) is 15.9. The lowest BCUT2D eigenvalue weighted by Crippen LogP contribution is -2.47. The van der Waals surface area contributed by atoms with Gasteiger partial charge >= 0.3 is 0 Å². The summed E-state index contributed by atoms with van der Waals surface area (Å²) in [5, 5.41) is 0. The Kier molecular flexibility index (Phi) is 4.52. The quantitative estimate of drug-likeness (QED) is 0.758. The normalized spacial score (nSPS) is 30.4. The van der Waals surface area contributed by atoms with Crippen LogP contribution in [0.1, 0.15) is 60.2 Å². The van der Waals surface area contributed by atoms with Crippen LogP contribution >= 0.6 is 27.3 Å².